The van der Waals surface area contributed by atoms with Gasteiger partial charge in [0.2, 0.25) is 0 Å². The Hall–Kier alpha value is -1.22. The zero-order chi connectivity index (χ0) is 16.1. The SMILES string of the molecule is Fc1cccc(Cl)c1[C@@H]1Nc2c(Cl)cc(Cl)cc2[C@@H]2C=CC[C@@H]21. The molecule has 3 atom stereocenters. The summed E-state index contributed by atoms with van der Waals surface area (Å²) >= 11 is 18.8. The quantitative estimate of drug-likeness (QED) is 0.558. The first-order valence-corrected chi connectivity index (χ1v) is 8.55. The number of allylic oxidation sites excluding steroid dienone is 2. The average Bonchev–Trinajstić information content (AvgIpc) is 2.97. The minimum Gasteiger partial charge on any atom is -0.376 e. The molecule has 1 aliphatic carbocycles. The van der Waals surface area contributed by atoms with Crippen molar-refractivity contribution in [2.75, 3.05) is 5.32 Å². The molecule has 5 heteroatoms. The second-order valence-corrected chi connectivity index (χ2v) is 7.21. The van der Waals surface area contributed by atoms with Gasteiger partial charge in [-0.3, -0.25) is 0 Å². The lowest BCUT2D eigenvalue weighted by Crippen LogP contribution is -2.30. The third-order valence-corrected chi connectivity index (χ3v) is 5.54. The highest BCUT2D eigenvalue weighted by molar-refractivity contribution is 6.36. The average molecular weight is 369 g/mol. The number of hydrogen-bond acceptors (Lipinski definition) is 1. The number of nitrogens with one attached hydrogen (secondary N) is 1. The number of hydrogen-bond donors (Lipinski definition) is 1. The lowest BCUT2D eigenvalue weighted by molar-refractivity contribution is 0.413. The Balaban J connectivity index is 1.88. The van der Waals surface area contributed by atoms with Crippen LogP contribution in [0.15, 0.2) is 42.5 Å². The number of anilines is 1. The largest absolute Gasteiger partial charge is 0.376 e. The van der Waals surface area contributed by atoms with E-state index < -0.39 is 0 Å². The van der Waals surface area contributed by atoms with E-state index in [1.807, 2.05) is 6.07 Å². The van der Waals surface area contributed by atoms with Crippen molar-refractivity contribution in [2.24, 2.45) is 5.92 Å². The van der Waals surface area contributed by atoms with Crippen molar-refractivity contribution in [1.82, 2.24) is 0 Å². The van der Waals surface area contributed by atoms with Gasteiger partial charge in [0.25, 0.3) is 0 Å². The molecule has 0 unspecified atom stereocenters. The monoisotopic (exact) mass is 367 g/mol. The second kappa shape index (κ2) is 5.70. The van der Waals surface area contributed by atoms with Crippen molar-refractivity contribution in [1.29, 1.82) is 0 Å². The first kappa shape index (κ1) is 15.3. The fraction of sp³-hybridized carbons (Fsp3) is 0.222. The summed E-state index contributed by atoms with van der Waals surface area (Å²) in [5.41, 5.74) is 2.38. The minimum absolute atomic E-state index is 0.156. The molecule has 1 aliphatic heterocycles. The van der Waals surface area contributed by atoms with E-state index in [9.17, 15) is 4.39 Å². The summed E-state index contributed by atoms with van der Waals surface area (Å²) in [7, 11) is 0. The zero-order valence-corrected chi connectivity index (χ0v) is 14.3. The number of rotatable bonds is 1. The number of benzene rings is 2. The molecule has 23 heavy (non-hydrogen) atoms. The van der Waals surface area contributed by atoms with Gasteiger partial charge in [0.1, 0.15) is 5.82 Å². The first-order valence-electron chi connectivity index (χ1n) is 7.42. The Bertz CT molecular complexity index is 798. The van der Waals surface area contributed by atoms with Crippen LogP contribution in [-0.2, 0) is 0 Å². The van der Waals surface area contributed by atoms with Crippen molar-refractivity contribution in [3.8, 4) is 0 Å². The molecule has 2 aromatic rings. The van der Waals surface area contributed by atoms with Crippen molar-refractivity contribution in [3.63, 3.8) is 0 Å². The van der Waals surface area contributed by atoms with Crippen molar-refractivity contribution < 1.29 is 4.39 Å². The van der Waals surface area contributed by atoms with Crippen molar-refractivity contribution in [3.05, 3.63) is 74.5 Å². The standard InChI is InChI=1S/C18H13Cl3FN/c19-9-7-12-10-3-1-4-11(10)18(23-17(12)14(21)8-9)16-13(20)5-2-6-15(16)22/h1-3,5-8,10-11,18,23H,4H2/t10-,11+,18-/m1/s1. The van der Waals surface area contributed by atoms with E-state index in [4.69, 9.17) is 34.8 Å². The van der Waals surface area contributed by atoms with Gasteiger partial charge in [-0.2, -0.15) is 0 Å². The number of fused-ring (bicyclic) bond motifs is 3. The maximum Gasteiger partial charge on any atom is 0.129 e. The van der Waals surface area contributed by atoms with Crippen molar-refractivity contribution >= 4 is 40.5 Å². The summed E-state index contributed by atoms with van der Waals surface area (Å²) in [6, 6.07) is 8.19. The molecule has 118 valence electrons. The summed E-state index contributed by atoms with van der Waals surface area (Å²) < 4.78 is 14.4. The maximum absolute atomic E-state index is 14.4. The van der Waals surface area contributed by atoms with Crippen LogP contribution in [0.5, 0.6) is 0 Å². The van der Waals surface area contributed by atoms with Gasteiger partial charge in [-0.25, -0.2) is 4.39 Å². The Morgan fingerprint density at radius 3 is 2.70 bits per heavy atom. The molecule has 0 saturated heterocycles. The molecule has 0 spiro atoms. The molecule has 0 aromatic heterocycles. The highest BCUT2D eigenvalue weighted by Gasteiger charge is 2.40. The van der Waals surface area contributed by atoms with Crippen LogP contribution in [0, 0.1) is 11.7 Å². The van der Waals surface area contributed by atoms with Crippen LogP contribution in [0.25, 0.3) is 0 Å². The normalized spacial score (nSPS) is 25.0. The lowest BCUT2D eigenvalue weighted by Gasteiger charge is -2.38. The fourth-order valence-electron chi connectivity index (χ4n) is 3.71. The highest BCUT2D eigenvalue weighted by atomic mass is 35.5. The molecular weight excluding hydrogens is 356 g/mol. The Morgan fingerprint density at radius 1 is 1.09 bits per heavy atom. The Kier molecular flexibility index (Phi) is 3.79. The van der Waals surface area contributed by atoms with Gasteiger partial charge in [0.15, 0.2) is 0 Å². The molecule has 0 radical (unpaired) electrons. The molecule has 1 heterocycles. The predicted molar refractivity (Wildman–Crippen MR) is 94.2 cm³/mol. The zero-order valence-electron chi connectivity index (χ0n) is 12.0. The van der Waals surface area contributed by atoms with Gasteiger partial charge in [-0.05, 0) is 42.2 Å². The summed E-state index contributed by atoms with van der Waals surface area (Å²) in [5, 5.41) is 4.99. The van der Waals surface area contributed by atoms with Gasteiger partial charge in [-0.15, -0.1) is 0 Å². The van der Waals surface area contributed by atoms with Gasteiger partial charge >= 0.3 is 0 Å². The van der Waals surface area contributed by atoms with Crippen LogP contribution in [0.1, 0.15) is 29.5 Å². The molecular formula is C18H13Cl3FN. The van der Waals surface area contributed by atoms with Crippen LogP contribution >= 0.6 is 34.8 Å². The second-order valence-electron chi connectivity index (χ2n) is 5.96. The number of halogens is 4. The van der Waals surface area contributed by atoms with E-state index in [1.54, 1.807) is 18.2 Å². The topological polar surface area (TPSA) is 12.0 Å². The van der Waals surface area contributed by atoms with E-state index in [0.29, 0.717) is 20.6 Å². The fourth-order valence-corrected chi connectivity index (χ4v) is 4.56. The smallest absolute Gasteiger partial charge is 0.129 e. The van der Waals surface area contributed by atoms with Gasteiger partial charge in [-0.1, -0.05) is 53.0 Å². The van der Waals surface area contributed by atoms with Crippen molar-refractivity contribution in [2.45, 2.75) is 18.4 Å². The minimum atomic E-state index is -0.297. The summed E-state index contributed by atoms with van der Waals surface area (Å²) in [6.07, 6.45) is 5.14. The molecule has 2 aliphatic rings. The predicted octanol–water partition coefficient (Wildman–Crippen LogP) is 6.61. The van der Waals surface area contributed by atoms with Gasteiger partial charge in [0.05, 0.1) is 16.8 Å². The molecule has 0 amide bonds. The molecule has 0 bridgehead atoms. The molecule has 1 nitrogen and oxygen atoms in total. The van der Waals surface area contributed by atoms with Crippen LogP contribution in [0.4, 0.5) is 10.1 Å². The molecule has 0 saturated carbocycles. The molecule has 2 aromatic carbocycles. The molecule has 0 fully saturated rings. The summed E-state index contributed by atoms with van der Waals surface area (Å²) in [6.45, 7) is 0. The highest BCUT2D eigenvalue weighted by Crippen LogP contribution is 2.53. The molecule has 4 rings (SSSR count). The maximum atomic E-state index is 14.4. The Morgan fingerprint density at radius 2 is 1.91 bits per heavy atom. The van der Waals surface area contributed by atoms with Crippen LogP contribution in [-0.4, -0.2) is 0 Å². The van der Waals surface area contributed by atoms with E-state index in [1.165, 1.54) is 6.07 Å². The van der Waals surface area contributed by atoms with Crippen LogP contribution in [0.2, 0.25) is 15.1 Å². The third kappa shape index (κ3) is 2.44. The van der Waals surface area contributed by atoms with Gasteiger partial charge in [0, 0.05) is 21.5 Å². The van der Waals surface area contributed by atoms with E-state index >= 15 is 0 Å². The lowest BCUT2D eigenvalue weighted by atomic mass is 9.77. The van der Waals surface area contributed by atoms with Crippen LogP contribution in [0.3, 0.4) is 0 Å². The van der Waals surface area contributed by atoms with E-state index in [-0.39, 0.29) is 23.7 Å². The summed E-state index contributed by atoms with van der Waals surface area (Å²) in [4.78, 5) is 0. The first-order chi connectivity index (χ1) is 11.1. The van der Waals surface area contributed by atoms with E-state index in [2.05, 4.69) is 17.5 Å². The third-order valence-electron chi connectivity index (χ3n) is 4.70. The van der Waals surface area contributed by atoms with Crippen LogP contribution < -0.4 is 5.32 Å². The Labute approximate surface area is 149 Å². The summed E-state index contributed by atoms with van der Waals surface area (Å²) in [5.74, 6) is 0.0451. The van der Waals surface area contributed by atoms with Gasteiger partial charge < -0.3 is 5.32 Å². The molecule has 1 N–H and O–H groups in total. The van der Waals surface area contributed by atoms with E-state index in [0.717, 1.165) is 17.7 Å².